The maximum atomic E-state index is 14.5. The van der Waals surface area contributed by atoms with Gasteiger partial charge in [0, 0.05) is 32.2 Å². The summed E-state index contributed by atoms with van der Waals surface area (Å²) in [6.07, 6.45) is 7.42. The first-order valence-electron chi connectivity index (χ1n) is 12.6. The number of alkyl halides is 1. The van der Waals surface area contributed by atoms with Gasteiger partial charge in [0.1, 0.15) is 23.6 Å². The van der Waals surface area contributed by atoms with E-state index in [1.54, 1.807) is 34.9 Å². The van der Waals surface area contributed by atoms with Gasteiger partial charge in [-0.05, 0) is 61.0 Å². The highest BCUT2D eigenvalue weighted by atomic mass is 19.1. The predicted octanol–water partition coefficient (Wildman–Crippen LogP) is 5.09. The first kappa shape index (κ1) is 24.4. The summed E-state index contributed by atoms with van der Waals surface area (Å²) in [4.78, 5) is 12.9. The fourth-order valence-electron chi connectivity index (χ4n) is 5.26. The molecule has 38 heavy (non-hydrogen) atoms. The van der Waals surface area contributed by atoms with E-state index in [0.29, 0.717) is 17.2 Å². The highest BCUT2D eigenvalue weighted by Gasteiger charge is 2.36. The van der Waals surface area contributed by atoms with Crippen LogP contribution in [0.5, 0.6) is 0 Å². The van der Waals surface area contributed by atoms with Gasteiger partial charge >= 0.3 is 0 Å². The van der Waals surface area contributed by atoms with Crippen LogP contribution in [0.2, 0.25) is 0 Å². The van der Waals surface area contributed by atoms with Crippen molar-refractivity contribution in [3.8, 4) is 0 Å². The summed E-state index contributed by atoms with van der Waals surface area (Å²) in [5, 5.41) is 4.68. The van der Waals surface area contributed by atoms with Crippen molar-refractivity contribution in [1.82, 2.24) is 19.6 Å². The van der Waals surface area contributed by atoms with Gasteiger partial charge in [-0.3, -0.25) is 4.98 Å². The topological polar surface area (TPSA) is 58.8 Å². The number of aromatic nitrogens is 4. The normalized spacial score (nSPS) is 21.8. The fourth-order valence-corrected chi connectivity index (χ4v) is 5.26. The third kappa shape index (κ3) is 4.71. The van der Waals surface area contributed by atoms with Crippen LogP contribution in [0.25, 0.3) is 17.8 Å². The summed E-state index contributed by atoms with van der Waals surface area (Å²) >= 11 is 0. The van der Waals surface area contributed by atoms with Crippen molar-refractivity contribution in [3.05, 3.63) is 83.4 Å². The summed E-state index contributed by atoms with van der Waals surface area (Å²) in [5.74, 6) is -0.665. The molecule has 2 saturated heterocycles. The van der Waals surface area contributed by atoms with E-state index in [9.17, 15) is 13.2 Å². The van der Waals surface area contributed by atoms with E-state index in [1.807, 2.05) is 30.5 Å². The van der Waals surface area contributed by atoms with Gasteiger partial charge in [0.2, 0.25) is 0 Å². The van der Waals surface area contributed by atoms with Crippen LogP contribution in [0.4, 0.5) is 24.7 Å². The first-order chi connectivity index (χ1) is 18.5. The number of imidazole rings is 1. The highest BCUT2D eigenvalue weighted by molar-refractivity contribution is 5.68. The van der Waals surface area contributed by atoms with Crippen molar-refractivity contribution in [2.45, 2.75) is 31.2 Å². The maximum Gasteiger partial charge on any atom is 0.154 e. The number of halogens is 3. The zero-order chi connectivity index (χ0) is 26.2. The van der Waals surface area contributed by atoms with Crippen LogP contribution in [0, 0.1) is 11.6 Å². The van der Waals surface area contributed by atoms with Crippen LogP contribution >= 0.6 is 0 Å². The van der Waals surface area contributed by atoms with Crippen molar-refractivity contribution in [3.63, 3.8) is 0 Å². The summed E-state index contributed by atoms with van der Waals surface area (Å²) in [6, 6.07) is 10.1. The molecule has 7 nitrogen and oxygen atoms in total. The quantitative estimate of drug-likeness (QED) is 0.353. The Morgan fingerprint density at radius 3 is 2.68 bits per heavy atom. The molecule has 0 bridgehead atoms. The van der Waals surface area contributed by atoms with Crippen molar-refractivity contribution >= 4 is 29.3 Å². The molecule has 1 aromatic carbocycles. The molecule has 0 N–H and O–H groups in total. The van der Waals surface area contributed by atoms with Crippen molar-refractivity contribution in [1.29, 1.82) is 0 Å². The molecule has 0 saturated carbocycles. The number of ether oxygens (including phenoxy) is 1. The number of methoxy groups -OCH3 is 1. The molecular formula is C28H27F3N6O. The minimum Gasteiger partial charge on any atom is -0.380 e. The summed E-state index contributed by atoms with van der Waals surface area (Å²) in [6.45, 7) is 1.84. The van der Waals surface area contributed by atoms with Crippen LogP contribution in [0.3, 0.4) is 0 Å². The molecule has 2 aliphatic rings. The molecule has 0 radical (unpaired) electrons. The van der Waals surface area contributed by atoms with E-state index in [4.69, 9.17) is 4.74 Å². The average Bonchev–Trinajstić information content (AvgIpc) is 3.67. The standard InChI is InChI=1S/C28H27F3N6O/c1-38-23-10-11-35(17-23)21-5-3-20(32-14-21)4-6-22-15-33-27-8-9-28(34-37(22)27)36-16-19(30)13-26(36)24-12-18(29)2-7-25(24)31/h2-9,12,14-15,19,23,26H,10-11,13,16-17H2,1H3/b6-4+/t19-,23-,26+/m0/s1. The van der Waals surface area contributed by atoms with Crippen molar-refractivity contribution in [2.75, 3.05) is 36.5 Å². The Hall–Kier alpha value is -3.92. The molecule has 10 heteroatoms. The molecule has 0 aliphatic carbocycles. The van der Waals surface area contributed by atoms with E-state index in [2.05, 4.69) is 20.0 Å². The molecular weight excluding hydrogens is 493 g/mol. The van der Waals surface area contributed by atoms with Gasteiger partial charge in [0.15, 0.2) is 5.65 Å². The Balaban J connectivity index is 1.24. The minimum absolute atomic E-state index is 0.0391. The molecule has 0 amide bonds. The number of nitrogens with zero attached hydrogens (tertiary/aromatic N) is 6. The Bertz CT molecular complexity index is 1470. The molecule has 6 rings (SSSR count). The SMILES string of the molecule is CO[C@H]1CCN(c2ccc(/C=C/c3cnc4ccc(N5C[C@@H](F)C[C@@H]5c5cc(F)ccc5F)nn34)nc2)C1. The lowest BCUT2D eigenvalue weighted by atomic mass is 10.0. The lowest BCUT2D eigenvalue weighted by molar-refractivity contribution is 0.121. The molecule has 3 aromatic heterocycles. The predicted molar refractivity (Wildman–Crippen MR) is 140 cm³/mol. The second-order valence-corrected chi connectivity index (χ2v) is 9.68. The number of anilines is 2. The van der Waals surface area contributed by atoms with E-state index in [1.165, 1.54) is 0 Å². The third-order valence-electron chi connectivity index (χ3n) is 7.28. The number of benzene rings is 1. The lowest BCUT2D eigenvalue weighted by Crippen LogP contribution is -2.26. The number of pyridine rings is 1. The van der Waals surface area contributed by atoms with Gasteiger partial charge in [-0.1, -0.05) is 0 Å². The molecule has 0 unspecified atom stereocenters. The second-order valence-electron chi connectivity index (χ2n) is 9.68. The van der Waals surface area contributed by atoms with E-state index >= 15 is 0 Å². The van der Waals surface area contributed by atoms with Gasteiger partial charge < -0.3 is 14.5 Å². The smallest absolute Gasteiger partial charge is 0.154 e. The fraction of sp³-hybridized carbons (Fsp3) is 0.321. The van der Waals surface area contributed by atoms with Gasteiger partial charge in [-0.2, -0.15) is 0 Å². The van der Waals surface area contributed by atoms with Gasteiger partial charge in [0.25, 0.3) is 0 Å². The second kappa shape index (κ2) is 10.1. The summed E-state index contributed by atoms with van der Waals surface area (Å²) in [5.41, 5.74) is 3.29. The van der Waals surface area contributed by atoms with E-state index in [0.717, 1.165) is 49.1 Å². The number of hydrogen-bond donors (Lipinski definition) is 0. The molecule has 0 spiro atoms. The average molecular weight is 521 g/mol. The Labute approximate surface area is 218 Å². The van der Waals surface area contributed by atoms with Gasteiger partial charge in [-0.15, -0.1) is 5.10 Å². The zero-order valence-corrected chi connectivity index (χ0v) is 20.8. The number of fused-ring (bicyclic) bond motifs is 1. The molecule has 196 valence electrons. The molecule has 4 aromatic rings. The van der Waals surface area contributed by atoms with Gasteiger partial charge in [0.05, 0.1) is 48.2 Å². The maximum absolute atomic E-state index is 14.5. The zero-order valence-electron chi connectivity index (χ0n) is 20.8. The van der Waals surface area contributed by atoms with Crippen LogP contribution < -0.4 is 9.80 Å². The van der Waals surface area contributed by atoms with Gasteiger partial charge in [-0.25, -0.2) is 22.7 Å². The Kier molecular flexibility index (Phi) is 6.49. The number of rotatable bonds is 6. The van der Waals surface area contributed by atoms with Crippen molar-refractivity contribution < 1.29 is 17.9 Å². The first-order valence-corrected chi connectivity index (χ1v) is 12.6. The minimum atomic E-state index is -1.18. The summed E-state index contributed by atoms with van der Waals surface area (Å²) < 4.78 is 50.0. The molecule has 2 aliphatic heterocycles. The summed E-state index contributed by atoms with van der Waals surface area (Å²) in [7, 11) is 1.74. The Morgan fingerprint density at radius 1 is 1.00 bits per heavy atom. The number of hydrogen-bond acceptors (Lipinski definition) is 6. The van der Waals surface area contributed by atoms with E-state index in [-0.39, 0.29) is 24.6 Å². The monoisotopic (exact) mass is 520 g/mol. The van der Waals surface area contributed by atoms with Crippen LogP contribution in [-0.4, -0.2) is 58.6 Å². The third-order valence-corrected chi connectivity index (χ3v) is 7.28. The molecule has 5 heterocycles. The Morgan fingerprint density at radius 2 is 1.89 bits per heavy atom. The van der Waals surface area contributed by atoms with Crippen LogP contribution in [0.1, 0.15) is 35.8 Å². The van der Waals surface area contributed by atoms with Crippen LogP contribution in [0.15, 0.2) is 54.9 Å². The highest BCUT2D eigenvalue weighted by Crippen LogP contribution is 2.38. The van der Waals surface area contributed by atoms with Crippen LogP contribution in [-0.2, 0) is 4.74 Å². The van der Waals surface area contributed by atoms with Crippen molar-refractivity contribution in [2.24, 2.45) is 0 Å². The molecule has 2 fully saturated rings. The molecule has 3 atom stereocenters. The lowest BCUT2D eigenvalue weighted by Gasteiger charge is -2.26. The largest absolute Gasteiger partial charge is 0.380 e. The van der Waals surface area contributed by atoms with E-state index < -0.39 is 23.8 Å².